The minimum atomic E-state index is 0.159. The fraction of sp³-hybridized carbons (Fsp3) is 0.579. The maximum absolute atomic E-state index is 6.57. The van der Waals surface area contributed by atoms with Crippen LogP contribution in [0.2, 0.25) is 0 Å². The summed E-state index contributed by atoms with van der Waals surface area (Å²) in [6.45, 7) is 6.92. The molecule has 1 fully saturated rings. The van der Waals surface area contributed by atoms with Crippen LogP contribution in [0.3, 0.4) is 0 Å². The molecule has 0 N–H and O–H groups in total. The molecule has 2 heterocycles. The molecule has 1 spiro atoms. The van der Waals surface area contributed by atoms with E-state index in [9.17, 15) is 0 Å². The van der Waals surface area contributed by atoms with Crippen molar-refractivity contribution in [3.8, 4) is 11.5 Å². The number of ether oxygens (including phenoxy) is 1. The molecule has 2 bridgehead atoms. The van der Waals surface area contributed by atoms with Gasteiger partial charge in [0.15, 0.2) is 11.5 Å². The van der Waals surface area contributed by atoms with Gasteiger partial charge in [0.05, 0.1) is 9.47 Å². The average Bonchev–Trinajstić information content (AvgIpc) is 2.91. The Kier molecular flexibility index (Phi) is 2.95. The first-order chi connectivity index (χ1) is 11.2. The summed E-state index contributed by atoms with van der Waals surface area (Å²) in [6, 6.07) is 4.97. The fourth-order valence-electron chi connectivity index (χ4n) is 5.87. The lowest BCUT2D eigenvalue weighted by molar-refractivity contribution is -0.0220. The Morgan fingerprint density at radius 2 is 2.26 bits per heavy atom. The summed E-state index contributed by atoms with van der Waals surface area (Å²) in [6.07, 6.45) is 7.48. The van der Waals surface area contributed by atoms with E-state index in [2.05, 4.69) is 52.5 Å². The summed E-state index contributed by atoms with van der Waals surface area (Å²) >= 11 is 0. The van der Waals surface area contributed by atoms with Crippen LogP contribution in [0.5, 0.6) is 11.5 Å². The zero-order chi connectivity index (χ0) is 15.8. The monoisotopic (exact) mass is 329 g/mol. The molecule has 2 aliphatic heterocycles. The van der Waals surface area contributed by atoms with E-state index in [1.807, 2.05) is 0 Å². The Balaban J connectivity index is 1.79. The van der Waals surface area contributed by atoms with Crippen LogP contribution in [0.25, 0.3) is 0 Å². The second-order valence-corrected chi connectivity index (χ2v) is 7.78. The first-order valence-electron chi connectivity index (χ1n) is 8.82. The van der Waals surface area contributed by atoms with Crippen LogP contribution in [0.15, 0.2) is 24.3 Å². The summed E-state index contributed by atoms with van der Waals surface area (Å²) in [7, 11) is 2.38. The number of nitrogens with zero attached hydrogens (tertiary/aromatic N) is 1. The molecule has 3 nitrogen and oxygen atoms in total. The molecule has 1 aromatic rings. The third kappa shape index (κ3) is 1.58. The molecule has 4 heteroatoms. The highest BCUT2D eigenvalue weighted by Gasteiger charge is 2.63. The topological polar surface area (TPSA) is 21.7 Å². The molecule has 6 atom stereocenters. The third-order valence-electron chi connectivity index (χ3n) is 6.78. The number of benzene rings is 1. The zero-order valence-electron chi connectivity index (χ0n) is 13.8. The first-order valence-corrected chi connectivity index (χ1v) is 9.30. The molecule has 23 heavy (non-hydrogen) atoms. The predicted octanol–water partition coefficient (Wildman–Crippen LogP) is 3.33. The Morgan fingerprint density at radius 3 is 3.04 bits per heavy atom. The van der Waals surface area contributed by atoms with Gasteiger partial charge in [0.1, 0.15) is 6.10 Å². The maximum atomic E-state index is 6.57. The van der Waals surface area contributed by atoms with Crippen molar-refractivity contribution >= 4 is 9.47 Å². The number of piperidine rings is 1. The summed E-state index contributed by atoms with van der Waals surface area (Å²) in [4.78, 5) is 2.67. The highest BCUT2D eigenvalue weighted by Crippen LogP contribution is 2.63. The van der Waals surface area contributed by atoms with E-state index < -0.39 is 0 Å². The van der Waals surface area contributed by atoms with Crippen molar-refractivity contribution in [3.05, 3.63) is 35.4 Å². The summed E-state index contributed by atoms with van der Waals surface area (Å²) in [5.41, 5.74) is 3.11. The van der Waals surface area contributed by atoms with Crippen LogP contribution in [0.4, 0.5) is 0 Å². The van der Waals surface area contributed by atoms with E-state index in [-0.39, 0.29) is 11.5 Å². The van der Waals surface area contributed by atoms with E-state index in [0.29, 0.717) is 17.9 Å². The zero-order valence-corrected chi connectivity index (χ0v) is 14.9. The Morgan fingerprint density at radius 1 is 1.39 bits per heavy atom. The largest absolute Gasteiger partial charge is 0.485 e. The van der Waals surface area contributed by atoms with Crippen LogP contribution >= 0.6 is 9.47 Å². The van der Waals surface area contributed by atoms with Crippen molar-refractivity contribution < 1.29 is 9.26 Å². The fourth-order valence-corrected chi connectivity index (χ4v) is 6.06. The second-order valence-electron chi connectivity index (χ2n) is 7.54. The van der Waals surface area contributed by atoms with Crippen LogP contribution in [-0.2, 0) is 11.8 Å². The van der Waals surface area contributed by atoms with Crippen molar-refractivity contribution in [3.63, 3.8) is 0 Å². The smallest absolute Gasteiger partial charge is 0.166 e. The van der Waals surface area contributed by atoms with E-state index in [1.165, 1.54) is 24.1 Å². The molecule has 0 aromatic heterocycles. The minimum absolute atomic E-state index is 0.159. The maximum Gasteiger partial charge on any atom is 0.166 e. The average molecular weight is 329 g/mol. The second kappa shape index (κ2) is 4.74. The van der Waals surface area contributed by atoms with Gasteiger partial charge in [-0.15, -0.1) is 0 Å². The van der Waals surface area contributed by atoms with E-state index >= 15 is 0 Å². The molecule has 0 amide bonds. The minimum Gasteiger partial charge on any atom is -0.485 e. The number of hydrogen-bond donors (Lipinski definition) is 0. The van der Waals surface area contributed by atoms with Crippen LogP contribution in [0, 0.1) is 11.8 Å². The lowest BCUT2D eigenvalue weighted by Gasteiger charge is -2.57. The lowest BCUT2D eigenvalue weighted by Crippen LogP contribution is -2.64. The Bertz CT molecular complexity index is 703. The van der Waals surface area contributed by atoms with E-state index in [1.54, 1.807) is 0 Å². The predicted molar refractivity (Wildman–Crippen MR) is 94.0 cm³/mol. The van der Waals surface area contributed by atoms with Crippen molar-refractivity contribution in [1.82, 2.24) is 4.90 Å². The number of likely N-dealkylation sites (N-methyl/N-ethyl adjacent to an activating group) is 1. The van der Waals surface area contributed by atoms with Gasteiger partial charge in [-0.2, -0.15) is 0 Å². The third-order valence-corrected chi connectivity index (χ3v) is 7.03. The molecule has 4 aliphatic rings. The quantitative estimate of drug-likeness (QED) is 0.614. The van der Waals surface area contributed by atoms with Gasteiger partial charge in [-0.3, -0.25) is 4.90 Å². The van der Waals surface area contributed by atoms with Crippen molar-refractivity contribution in [2.75, 3.05) is 13.1 Å². The molecule has 1 saturated heterocycles. The molecular weight excluding hydrogens is 305 g/mol. The number of likely N-dealkylation sites (tertiary alicyclic amines) is 1. The number of rotatable bonds is 2. The molecule has 0 saturated carbocycles. The van der Waals surface area contributed by atoms with Gasteiger partial charge in [0.2, 0.25) is 0 Å². The lowest BCUT2D eigenvalue weighted by atomic mass is 9.52. The Labute approximate surface area is 140 Å². The van der Waals surface area contributed by atoms with Crippen LogP contribution in [-0.4, -0.2) is 30.1 Å². The highest BCUT2D eigenvalue weighted by atomic mass is 31.0. The summed E-state index contributed by atoms with van der Waals surface area (Å²) in [5.74, 6) is 2.92. The molecular formula is C19H24NO2P. The SMILES string of the molecule is CCN1CC[C@]23c4c5ccc(OP)c4O[C@H]2C(C)C=CC3[C@H]1C5. The molecule has 122 valence electrons. The van der Waals surface area contributed by atoms with Crippen molar-refractivity contribution in [2.24, 2.45) is 11.8 Å². The van der Waals surface area contributed by atoms with E-state index in [4.69, 9.17) is 9.26 Å². The summed E-state index contributed by atoms with van der Waals surface area (Å²) < 4.78 is 12.1. The molecule has 0 radical (unpaired) electrons. The molecule has 3 unspecified atom stereocenters. The summed E-state index contributed by atoms with van der Waals surface area (Å²) in [5, 5.41) is 0. The van der Waals surface area contributed by atoms with Gasteiger partial charge in [-0.05, 0) is 37.6 Å². The Hall–Kier alpha value is -1.05. The normalized spacial score (nSPS) is 39.8. The standard InChI is InChI=1S/C19H24NO2P/c1-3-20-9-8-19-13-6-4-11(2)18(19)21-17-15(22-23)7-5-12(16(17)19)10-14(13)20/h4-7,11,13-14,18H,3,8-10,23H2,1-2H3/t11?,13?,14-,18+,19+/m1/s1. The van der Waals surface area contributed by atoms with Gasteiger partial charge < -0.3 is 9.26 Å². The van der Waals surface area contributed by atoms with Crippen LogP contribution < -0.4 is 9.26 Å². The van der Waals surface area contributed by atoms with Gasteiger partial charge in [-0.1, -0.05) is 32.1 Å². The first kappa shape index (κ1) is 14.3. The molecule has 5 rings (SSSR count). The van der Waals surface area contributed by atoms with Crippen molar-refractivity contribution in [2.45, 2.75) is 44.2 Å². The van der Waals surface area contributed by atoms with Gasteiger partial charge >= 0.3 is 0 Å². The number of hydrogen-bond acceptors (Lipinski definition) is 3. The highest BCUT2D eigenvalue weighted by molar-refractivity contribution is 7.10. The van der Waals surface area contributed by atoms with Crippen LogP contribution in [0.1, 0.15) is 31.4 Å². The van der Waals surface area contributed by atoms with Crippen molar-refractivity contribution in [1.29, 1.82) is 0 Å². The van der Waals surface area contributed by atoms with Gasteiger partial charge in [0.25, 0.3) is 0 Å². The van der Waals surface area contributed by atoms with Gasteiger partial charge in [-0.25, -0.2) is 0 Å². The van der Waals surface area contributed by atoms with E-state index in [0.717, 1.165) is 24.5 Å². The van der Waals surface area contributed by atoms with Gasteiger partial charge in [0, 0.05) is 28.9 Å². The molecule has 1 aromatic carbocycles. The molecule has 2 aliphatic carbocycles.